The summed E-state index contributed by atoms with van der Waals surface area (Å²) >= 11 is 0. The third-order valence-corrected chi connectivity index (χ3v) is 6.39. The first-order chi connectivity index (χ1) is 12.8. The van der Waals surface area contributed by atoms with Gasteiger partial charge in [0.05, 0.1) is 22.3 Å². The van der Waals surface area contributed by atoms with Crippen LogP contribution in [-0.2, 0) is 24.1 Å². The lowest BCUT2D eigenvalue weighted by atomic mass is 10.1. The number of piperidine rings is 1. The van der Waals surface area contributed by atoms with Crippen LogP contribution in [0.2, 0.25) is 0 Å². The summed E-state index contributed by atoms with van der Waals surface area (Å²) in [6.45, 7) is 1.44. The molecule has 0 spiro atoms. The number of aryl methyl sites for hydroxylation is 2. The predicted molar refractivity (Wildman–Crippen MR) is 100 cm³/mol. The molecule has 1 saturated heterocycles. The molecule has 10 heteroatoms. The fraction of sp³-hybridized carbons (Fsp3) is 0.412. The van der Waals surface area contributed by atoms with Gasteiger partial charge in [-0.1, -0.05) is 0 Å². The second kappa shape index (κ2) is 6.54. The molecule has 3 heterocycles. The summed E-state index contributed by atoms with van der Waals surface area (Å²) < 4.78 is 36.6. The highest BCUT2D eigenvalue weighted by atomic mass is 32.2. The number of oxazole rings is 1. The lowest BCUT2D eigenvalue weighted by Gasteiger charge is -2.33. The van der Waals surface area contributed by atoms with Gasteiger partial charge in [0, 0.05) is 45.5 Å². The maximum atomic E-state index is 12.8. The number of anilines is 1. The monoisotopic (exact) mass is 391 g/mol. The smallest absolute Gasteiger partial charge is 0.408 e. The van der Waals surface area contributed by atoms with Crippen LogP contribution >= 0.6 is 0 Å². The second-order valence-corrected chi connectivity index (χ2v) is 8.55. The van der Waals surface area contributed by atoms with Crippen molar-refractivity contribution in [1.82, 2.24) is 19.1 Å². The van der Waals surface area contributed by atoms with Crippen LogP contribution in [0.15, 0.2) is 44.7 Å². The molecule has 2 aromatic heterocycles. The van der Waals surface area contributed by atoms with Gasteiger partial charge in [0.1, 0.15) is 0 Å². The largest absolute Gasteiger partial charge is 0.419 e. The van der Waals surface area contributed by atoms with E-state index in [1.54, 1.807) is 24.0 Å². The van der Waals surface area contributed by atoms with Crippen LogP contribution in [0.1, 0.15) is 12.8 Å². The molecule has 0 radical (unpaired) electrons. The van der Waals surface area contributed by atoms with Crippen molar-refractivity contribution in [3.63, 3.8) is 0 Å². The van der Waals surface area contributed by atoms with Gasteiger partial charge >= 0.3 is 5.76 Å². The summed E-state index contributed by atoms with van der Waals surface area (Å²) in [7, 11) is -0.292. The van der Waals surface area contributed by atoms with Gasteiger partial charge in [-0.3, -0.25) is 9.25 Å². The quantitative estimate of drug-likeness (QED) is 0.706. The lowest BCUT2D eigenvalue weighted by Crippen LogP contribution is -2.47. The highest BCUT2D eigenvalue weighted by Crippen LogP contribution is 2.22. The topological polar surface area (TPSA) is 102 Å². The van der Waals surface area contributed by atoms with Crippen molar-refractivity contribution in [2.75, 3.05) is 18.0 Å². The fourth-order valence-electron chi connectivity index (χ4n) is 3.45. The highest BCUT2D eigenvalue weighted by Gasteiger charge is 2.26. The van der Waals surface area contributed by atoms with E-state index in [-0.39, 0.29) is 16.5 Å². The summed E-state index contributed by atoms with van der Waals surface area (Å²) in [5.41, 5.74) is 1.79. The average Bonchev–Trinajstić information content (AvgIpc) is 3.18. The van der Waals surface area contributed by atoms with Gasteiger partial charge in [0.25, 0.3) is 0 Å². The van der Waals surface area contributed by atoms with Gasteiger partial charge in [0.15, 0.2) is 5.58 Å². The zero-order chi connectivity index (χ0) is 19.2. The van der Waals surface area contributed by atoms with Crippen LogP contribution in [0, 0.1) is 0 Å². The molecule has 0 bridgehead atoms. The molecule has 27 heavy (non-hydrogen) atoms. The predicted octanol–water partition coefficient (Wildman–Crippen LogP) is 0.812. The molecule has 1 atom stereocenters. The fourth-order valence-corrected chi connectivity index (χ4v) is 4.72. The van der Waals surface area contributed by atoms with Crippen molar-refractivity contribution in [3.8, 4) is 0 Å². The van der Waals surface area contributed by atoms with E-state index in [4.69, 9.17) is 4.42 Å². The van der Waals surface area contributed by atoms with Crippen LogP contribution in [0.4, 0.5) is 5.69 Å². The minimum Gasteiger partial charge on any atom is -0.408 e. The van der Waals surface area contributed by atoms with Gasteiger partial charge in [-0.25, -0.2) is 17.9 Å². The Kier molecular flexibility index (Phi) is 4.31. The summed E-state index contributed by atoms with van der Waals surface area (Å²) in [6, 6.07) is 4.25. The van der Waals surface area contributed by atoms with E-state index >= 15 is 0 Å². The van der Waals surface area contributed by atoms with E-state index in [1.165, 1.54) is 16.7 Å². The van der Waals surface area contributed by atoms with E-state index in [2.05, 4.69) is 14.7 Å². The summed E-state index contributed by atoms with van der Waals surface area (Å²) in [5.74, 6) is -0.521. The number of benzene rings is 1. The van der Waals surface area contributed by atoms with E-state index < -0.39 is 15.8 Å². The zero-order valence-electron chi connectivity index (χ0n) is 15.1. The van der Waals surface area contributed by atoms with Gasteiger partial charge in [0.2, 0.25) is 10.0 Å². The van der Waals surface area contributed by atoms with E-state index in [0.717, 1.165) is 25.1 Å². The molecule has 9 nitrogen and oxygen atoms in total. The van der Waals surface area contributed by atoms with Crippen molar-refractivity contribution in [1.29, 1.82) is 0 Å². The first-order valence-electron chi connectivity index (χ1n) is 8.69. The van der Waals surface area contributed by atoms with E-state index in [9.17, 15) is 13.2 Å². The maximum Gasteiger partial charge on any atom is 0.419 e. The number of rotatable bonds is 4. The van der Waals surface area contributed by atoms with Gasteiger partial charge in [-0.05, 0) is 25.0 Å². The third kappa shape index (κ3) is 3.37. The molecular weight excluding hydrogens is 370 g/mol. The Morgan fingerprint density at radius 2 is 2.11 bits per heavy atom. The molecule has 144 valence electrons. The Bertz CT molecular complexity index is 1140. The third-order valence-electron chi connectivity index (χ3n) is 4.87. The number of hydrogen-bond donors (Lipinski definition) is 1. The average molecular weight is 391 g/mol. The Hall–Kier alpha value is -2.59. The van der Waals surface area contributed by atoms with E-state index in [1.807, 2.05) is 13.2 Å². The Balaban J connectivity index is 1.55. The Morgan fingerprint density at radius 3 is 2.85 bits per heavy atom. The highest BCUT2D eigenvalue weighted by molar-refractivity contribution is 7.89. The zero-order valence-corrected chi connectivity index (χ0v) is 15.9. The van der Waals surface area contributed by atoms with Gasteiger partial charge in [-0.2, -0.15) is 5.10 Å². The molecule has 0 saturated carbocycles. The van der Waals surface area contributed by atoms with Crippen molar-refractivity contribution >= 4 is 26.8 Å². The first-order valence-corrected chi connectivity index (χ1v) is 10.2. The molecular formula is C17H21N5O4S. The van der Waals surface area contributed by atoms with Gasteiger partial charge < -0.3 is 9.32 Å². The number of fused-ring (bicyclic) bond motifs is 1. The molecule has 0 aliphatic carbocycles. The lowest BCUT2D eigenvalue weighted by molar-refractivity contribution is 0.466. The molecule has 3 aromatic rings. The Morgan fingerprint density at radius 1 is 1.30 bits per heavy atom. The molecule has 1 N–H and O–H groups in total. The SMILES string of the molecule is Cn1cc(N2CCCC(NS(=O)(=O)c3ccc4c(c3)oc(=O)n4C)C2)cn1. The van der Waals surface area contributed by atoms with Crippen molar-refractivity contribution in [2.45, 2.75) is 23.8 Å². The number of nitrogens with zero attached hydrogens (tertiary/aromatic N) is 4. The van der Waals surface area contributed by atoms with Crippen LogP contribution in [-0.4, -0.2) is 41.9 Å². The minimum atomic E-state index is -3.72. The van der Waals surface area contributed by atoms with Crippen molar-refractivity contribution < 1.29 is 12.8 Å². The van der Waals surface area contributed by atoms with Crippen molar-refractivity contribution in [2.24, 2.45) is 14.1 Å². The first kappa shape index (κ1) is 17.8. The summed E-state index contributed by atoms with van der Waals surface area (Å²) in [6.07, 6.45) is 5.35. The summed E-state index contributed by atoms with van der Waals surface area (Å²) in [5, 5.41) is 4.18. The number of nitrogens with one attached hydrogen (secondary N) is 1. The molecule has 4 rings (SSSR count). The molecule has 1 fully saturated rings. The Labute approximate surface area is 156 Å². The molecule has 1 aromatic carbocycles. The summed E-state index contributed by atoms with van der Waals surface area (Å²) in [4.78, 5) is 13.8. The van der Waals surface area contributed by atoms with Crippen LogP contribution in [0.5, 0.6) is 0 Å². The van der Waals surface area contributed by atoms with Crippen LogP contribution < -0.4 is 15.4 Å². The molecule has 1 aliphatic heterocycles. The molecule has 1 aliphatic rings. The van der Waals surface area contributed by atoms with Crippen LogP contribution in [0.25, 0.3) is 11.1 Å². The molecule has 1 unspecified atom stereocenters. The van der Waals surface area contributed by atoms with Crippen molar-refractivity contribution in [3.05, 3.63) is 41.1 Å². The minimum absolute atomic E-state index is 0.0860. The number of sulfonamides is 1. The normalized spacial score (nSPS) is 18.3. The number of hydrogen-bond acceptors (Lipinski definition) is 6. The van der Waals surface area contributed by atoms with E-state index in [0.29, 0.717) is 12.1 Å². The second-order valence-electron chi connectivity index (χ2n) is 6.84. The molecule has 0 amide bonds. The number of aromatic nitrogens is 3. The maximum absolute atomic E-state index is 12.8. The van der Waals surface area contributed by atoms with Gasteiger partial charge in [-0.15, -0.1) is 0 Å². The van der Waals surface area contributed by atoms with Crippen LogP contribution in [0.3, 0.4) is 0 Å². The standard InChI is InChI=1S/C17H21N5O4S/c1-20-11-13(9-18-20)22-7-3-4-12(10-22)19-27(24,25)14-5-6-15-16(8-14)26-17(23)21(15)2/h5-6,8-9,11-12,19H,3-4,7,10H2,1-2H3.